The molecule has 0 spiro atoms. The Bertz CT molecular complexity index is 1220. The average molecular weight is 454 g/mol. The second kappa shape index (κ2) is 10.2. The molecule has 5 nitrogen and oxygen atoms in total. The monoisotopic (exact) mass is 453 g/mol. The summed E-state index contributed by atoms with van der Waals surface area (Å²) in [5.41, 5.74) is 3.42. The number of aryl methyl sites for hydroxylation is 1. The molecule has 1 aliphatic rings. The Hall–Kier alpha value is -3.82. The Morgan fingerprint density at radius 1 is 0.970 bits per heavy atom. The molecule has 1 aliphatic heterocycles. The van der Waals surface area contributed by atoms with Gasteiger partial charge in [0.2, 0.25) is 5.91 Å². The number of amides is 2. The number of benzene rings is 3. The predicted molar refractivity (Wildman–Crippen MR) is 133 cm³/mol. The van der Waals surface area contributed by atoms with Gasteiger partial charge >= 0.3 is 0 Å². The Balaban J connectivity index is 1.69. The fourth-order valence-corrected chi connectivity index (χ4v) is 4.95. The Labute approximate surface area is 197 Å². The zero-order valence-corrected chi connectivity index (χ0v) is 19.0. The third-order valence-electron chi connectivity index (χ3n) is 5.40. The summed E-state index contributed by atoms with van der Waals surface area (Å²) in [7, 11) is 0. The number of nitriles is 1. The molecular formula is C27H23N3O2S. The van der Waals surface area contributed by atoms with Gasteiger partial charge in [0.15, 0.2) is 0 Å². The largest absolute Gasteiger partial charge is 0.321 e. The second-order valence-electron chi connectivity index (χ2n) is 7.60. The quantitative estimate of drug-likeness (QED) is 0.405. The molecule has 164 valence electrons. The van der Waals surface area contributed by atoms with Gasteiger partial charge in [-0.2, -0.15) is 5.26 Å². The fraction of sp³-hybridized carbons (Fsp3) is 0.148. The van der Waals surface area contributed by atoms with Crippen molar-refractivity contribution in [3.05, 3.63) is 107 Å². The number of carbonyl (C=O) groups is 2. The van der Waals surface area contributed by atoms with Crippen molar-refractivity contribution >= 4 is 35.0 Å². The topological polar surface area (TPSA) is 73.2 Å². The van der Waals surface area contributed by atoms with E-state index in [0.29, 0.717) is 22.8 Å². The summed E-state index contributed by atoms with van der Waals surface area (Å²) in [6, 6.07) is 28.3. The predicted octanol–water partition coefficient (Wildman–Crippen LogP) is 5.31. The Morgan fingerprint density at radius 2 is 1.58 bits per heavy atom. The molecule has 1 fully saturated rings. The normalized spacial score (nSPS) is 16.9. The minimum absolute atomic E-state index is 0.0788. The van der Waals surface area contributed by atoms with Gasteiger partial charge in [-0.25, -0.2) is 0 Å². The van der Waals surface area contributed by atoms with Crippen molar-refractivity contribution in [3.8, 4) is 6.07 Å². The van der Waals surface area contributed by atoms with Crippen molar-refractivity contribution in [1.82, 2.24) is 0 Å². The van der Waals surface area contributed by atoms with Gasteiger partial charge in [0, 0.05) is 11.4 Å². The van der Waals surface area contributed by atoms with Crippen LogP contribution in [0.4, 0.5) is 11.4 Å². The number of hydrogen-bond donors (Lipinski definition) is 1. The zero-order chi connectivity index (χ0) is 23.2. The SMILES string of the molecule is CCc1ccc(C[C@H]2S/C(=C(/C#N)C(=O)Nc3ccccc3)N(c3ccccc3)C2=O)cc1. The Morgan fingerprint density at radius 3 is 2.18 bits per heavy atom. The lowest BCUT2D eigenvalue weighted by molar-refractivity contribution is -0.117. The molecule has 6 heteroatoms. The van der Waals surface area contributed by atoms with Crippen LogP contribution >= 0.6 is 11.8 Å². The van der Waals surface area contributed by atoms with Crippen LogP contribution in [0.2, 0.25) is 0 Å². The molecule has 0 unspecified atom stereocenters. The molecule has 0 saturated carbocycles. The number of anilines is 2. The van der Waals surface area contributed by atoms with E-state index in [9.17, 15) is 14.9 Å². The molecular weight excluding hydrogens is 430 g/mol. The van der Waals surface area contributed by atoms with Crippen LogP contribution < -0.4 is 10.2 Å². The van der Waals surface area contributed by atoms with Crippen LogP contribution in [-0.2, 0) is 22.4 Å². The molecule has 1 atom stereocenters. The summed E-state index contributed by atoms with van der Waals surface area (Å²) in [5, 5.41) is 12.6. The smallest absolute Gasteiger partial charge is 0.269 e. The molecule has 0 bridgehead atoms. The van der Waals surface area contributed by atoms with Crippen molar-refractivity contribution in [3.63, 3.8) is 0 Å². The number of nitrogens with zero attached hydrogens (tertiary/aromatic N) is 2. The first-order chi connectivity index (χ1) is 16.1. The summed E-state index contributed by atoms with van der Waals surface area (Å²) >= 11 is 1.27. The number of hydrogen-bond acceptors (Lipinski definition) is 4. The molecule has 1 heterocycles. The van der Waals surface area contributed by atoms with Crippen LogP contribution in [0.5, 0.6) is 0 Å². The van der Waals surface area contributed by atoms with Crippen LogP contribution in [0.15, 0.2) is 95.5 Å². The molecule has 1 N–H and O–H groups in total. The molecule has 0 aliphatic carbocycles. The zero-order valence-electron chi connectivity index (χ0n) is 18.2. The highest BCUT2D eigenvalue weighted by Crippen LogP contribution is 2.42. The number of nitrogens with one attached hydrogen (secondary N) is 1. The van der Waals surface area contributed by atoms with Gasteiger partial charge < -0.3 is 5.32 Å². The van der Waals surface area contributed by atoms with Crippen molar-refractivity contribution in [2.24, 2.45) is 0 Å². The minimum atomic E-state index is -0.534. The first-order valence-corrected chi connectivity index (χ1v) is 11.6. The summed E-state index contributed by atoms with van der Waals surface area (Å²) in [6.45, 7) is 2.10. The molecule has 0 aromatic heterocycles. The molecule has 33 heavy (non-hydrogen) atoms. The van der Waals surface area contributed by atoms with Gasteiger partial charge in [-0.3, -0.25) is 14.5 Å². The number of thioether (sulfide) groups is 1. The van der Waals surface area contributed by atoms with E-state index in [4.69, 9.17) is 0 Å². The summed E-state index contributed by atoms with van der Waals surface area (Å²) in [6.07, 6.45) is 1.47. The molecule has 1 saturated heterocycles. The maximum atomic E-state index is 13.5. The van der Waals surface area contributed by atoms with Crippen LogP contribution in [0.3, 0.4) is 0 Å². The van der Waals surface area contributed by atoms with E-state index in [0.717, 1.165) is 12.0 Å². The highest BCUT2D eigenvalue weighted by Gasteiger charge is 2.40. The van der Waals surface area contributed by atoms with Gasteiger partial charge in [-0.05, 0) is 48.2 Å². The molecule has 0 radical (unpaired) electrons. The Kier molecular flexibility index (Phi) is 6.92. The van der Waals surface area contributed by atoms with Crippen LogP contribution in [0.25, 0.3) is 0 Å². The van der Waals surface area contributed by atoms with Crippen LogP contribution in [0, 0.1) is 11.3 Å². The molecule has 4 rings (SSSR count). The van der Waals surface area contributed by atoms with E-state index in [2.05, 4.69) is 24.4 Å². The minimum Gasteiger partial charge on any atom is -0.321 e. The lowest BCUT2D eigenvalue weighted by Gasteiger charge is -2.18. The van der Waals surface area contributed by atoms with E-state index < -0.39 is 11.2 Å². The number of rotatable bonds is 6. The third-order valence-corrected chi connectivity index (χ3v) is 6.67. The van der Waals surface area contributed by atoms with Gasteiger partial charge in [-0.15, -0.1) is 0 Å². The lowest BCUT2D eigenvalue weighted by atomic mass is 10.1. The van der Waals surface area contributed by atoms with Gasteiger partial charge in [-0.1, -0.05) is 79.3 Å². The highest BCUT2D eigenvalue weighted by molar-refractivity contribution is 8.05. The standard InChI is InChI=1S/C27H23N3O2S/c1-2-19-13-15-20(16-14-19)17-24-26(32)30(22-11-7-4-8-12-22)27(33-24)23(18-28)25(31)29-21-9-5-3-6-10-21/h3-16,24H,2,17H2,1H3,(H,29,31)/b27-23-/t24-/m1/s1. The van der Waals surface area contributed by atoms with Crippen LogP contribution in [-0.4, -0.2) is 17.1 Å². The van der Waals surface area contributed by atoms with Crippen molar-refractivity contribution < 1.29 is 9.59 Å². The van der Waals surface area contributed by atoms with Crippen molar-refractivity contribution in [2.75, 3.05) is 10.2 Å². The maximum Gasteiger partial charge on any atom is 0.269 e. The maximum absolute atomic E-state index is 13.5. The van der Waals surface area contributed by atoms with E-state index in [1.165, 1.54) is 22.2 Å². The van der Waals surface area contributed by atoms with E-state index in [1.54, 1.807) is 36.4 Å². The average Bonchev–Trinajstić information content (AvgIpc) is 3.16. The second-order valence-corrected chi connectivity index (χ2v) is 8.79. The molecule has 2 amide bonds. The van der Waals surface area contributed by atoms with E-state index in [1.807, 2.05) is 42.5 Å². The lowest BCUT2D eigenvalue weighted by Crippen LogP contribution is -2.30. The van der Waals surface area contributed by atoms with Crippen molar-refractivity contribution in [2.45, 2.75) is 25.0 Å². The number of para-hydroxylation sites is 2. The van der Waals surface area contributed by atoms with Crippen LogP contribution in [0.1, 0.15) is 18.1 Å². The first kappa shape index (κ1) is 22.4. The van der Waals surface area contributed by atoms with E-state index >= 15 is 0 Å². The van der Waals surface area contributed by atoms with Gasteiger partial charge in [0.1, 0.15) is 16.7 Å². The van der Waals surface area contributed by atoms with Gasteiger partial charge in [0.05, 0.1) is 5.25 Å². The fourth-order valence-electron chi connectivity index (χ4n) is 3.64. The third kappa shape index (κ3) is 5.00. The van der Waals surface area contributed by atoms with E-state index in [-0.39, 0.29) is 11.5 Å². The summed E-state index contributed by atoms with van der Waals surface area (Å²) in [4.78, 5) is 28.0. The summed E-state index contributed by atoms with van der Waals surface area (Å²) in [5.74, 6) is -0.672. The molecule has 3 aromatic carbocycles. The first-order valence-electron chi connectivity index (χ1n) is 10.7. The summed E-state index contributed by atoms with van der Waals surface area (Å²) < 4.78 is 0. The highest BCUT2D eigenvalue weighted by atomic mass is 32.2. The van der Waals surface area contributed by atoms with Gasteiger partial charge in [0.25, 0.3) is 5.91 Å². The van der Waals surface area contributed by atoms with Crippen molar-refractivity contribution in [1.29, 1.82) is 5.26 Å². The number of carbonyl (C=O) groups excluding carboxylic acids is 2. The molecule has 3 aromatic rings.